The topological polar surface area (TPSA) is 98.2 Å². The number of aliphatic carboxylic acids is 1. The second-order valence-corrected chi connectivity index (χ2v) is 6.52. The average Bonchev–Trinajstić information content (AvgIpc) is 2.61. The van der Waals surface area contributed by atoms with Crippen molar-refractivity contribution in [3.63, 3.8) is 0 Å². The highest BCUT2D eigenvalue weighted by atomic mass is 19.1. The fourth-order valence-corrected chi connectivity index (χ4v) is 2.92. The van der Waals surface area contributed by atoms with E-state index in [0.29, 0.717) is 31.5 Å². The van der Waals surface area contributed by atoms with Crippen LogP contribution in [0.25, 0.3) is 0 Å². The monoisotopic (exact) mass is 366 g/mol. The van der Waals surface area contributed by atoms with Crippen molar-refractivity contribution in [3.05, 3.63) is 35.6 Å². The number of amides is 2. The van der Waals surface area contributed by atoms with Gasteiger partial charge in [0.05, 0.1) is 25.0 Å². The Labute approximate surface area is 151 Å². The van der Waals surface area contributed by atoms with Gasteiger partial charge < -0.3 is 20.0 Å². The number of nitrogens with zero attached hydrogens (tertiary/aromatic N) is 2. The number of carbonyl (C=O) groups excluding carboxylic acids is 2. The normalized spacial score (nSPS) is 16.2. The minimum atomic E-state index is -1.15. The van der Waals surface area contributed by atoms with Crippen LogP contribution >= 0.6 is 0 Å². The van der Waals surface area contributed by atoms with Crippen LogP contribution in [-0.2, 0) is 14.4 Å². The van der Waals surface area contributed by atoms with Crippen LogP contribution in [0.2, 0.25) is 0 Å². The van der Waals surface area contributed by atoms with Crippen LogP contribution in [0.4, 0.5) is 4.39 Å². The van der Waals surface area contributed by atoms with E-state index in [1.54, 1.807) is 4.90 Å². The number of rotatable bonds is 6. The summed E-state index contributed by atoms with van der Waals surface area (Å²) in [6.07, 6.45) is -0.607. The fourth-order valence-electron chi connectivity index (χ4n) is 2.92. The minimum Gasteiger partial charge on any atom is -0.481 e. The molecule has 2 amide bonds. The third-order valence-electron chi connectivity index (χ3n) is 4.60. The quantitative estimate of drug-likeness (QED) is 0.784. The zero-order chi connectivity index (χ0) is 19.3. The van der Waals surface area contributed by atoms with Crippen LogP contribution in [-0.4, -0.2) is 64.5 Å². The molecule has 0 aromatic heterocycles. The predicted molar refractivity (Wildman–Crippen MR) is 90.6 cm³/mol. The number of aliphatic hydroxyl groups is 1. The number of aliphatic hydroxyl groups excluding tert-OH is 1. The number of carbonyl (C=O) groups is 3. The summed E-state index contributed by atoms with van der Waals surface area (Å²) >= 11 is 0. The molecule has 26 heavy (non-hydrogen) atoms. The maximum Gasteiger partial charge on any atom is 0.306 e. The van der Waals surface area contributed by atoms with E-state index in [0.717, 1.165) is 6.07 Å². The molecule has 142 valence electrons. The number of hydrogen-bond acceptors (Lipinski definition) is 4. The van der Waals surface area contributed by atoms with Crippen LogP contribution in [0.15, 0.2) is 24.3 Å². The molecule has 0 radical (unpaired) electrons. The van der Waals surface area contributed by atoms with Gasteiger partial charge in [-0.3, -0.25) is 14.4 Å². The molecular weight excluding hydrogens is 343 g/mol. The first-order chi connectivity index (χ1) is 12.3. The molecule has 0 saturated carbocycles. The van der Waals surface area contributed by atoms with Crippen molar-refractivity contribution in [1.82, 2.24) is 9.80 Å². The molecule has 8 heteroatoms. The predicted octanol–water partition coefficient (Wildman–Crippen LogP) is 1.03. The fraction of sp³-hybridized carbons (Fsp3) is 0.500. The lowest BCUT2D eigenvalue weighted by atomic mass is 9.97. The summed E-state index contributed by atoms with van der Waals surface area (Å²) in [5.74, 6) is -2.47. The van der Waals surface area contributed by atoms with E-state index < -0.39 is 29.7 Å². The highest BCUT2D eigenvalue weighted by molar-refractivity contribution is 5.85. The number of carboxylic acid groups (broad SMARTS) is 1. The van der Waals surface area contributed by atoms with Crippen molar-refractivity contribution in [3.8, 4) is 0 Å². The van der Waals surface area contributed by atoms with E-state index in [1.165, 1.54) is 30.1 Å². The van der Waals surface area contributed by atoms with E-state index >= 15 is 0 Å². The third-order valence-corrected chi connectivity index (χ3v) is 4.60. The van der Waals surface area contributed by atoms with Gasteiger partial charge in [0.25, 0.3) is 0 Å². The first-order valence-electron chi connectivity index (χ1n) is 8.46. The van der Waals surface area contributed by atoms with E-state index in [9.17, 15) is 23.9 Å². The van der Waals surface area contributed by atoms with Gasteiger partial charge >= 0.3 is 5.97 Å². The highest BCUT2D eigenvalue weighted by Crippen LogP contribution is 2.19. The standard InChI is InChI=1S/C18H23FN2O5/c1-20(11-17(24)21-7-5-12(6-8-21)18(25)26)16(23)10-15(22)13-3-2-4-14(19)9-13/h2-4,9,12,15,22H,5-8,10-11H2,1H3,(H,25,26). The molecule has 1 atom stereocenters. The molecule has 1 unspecified atom stereocenters. The Balaban J connectivity index is 1.83. The van der Waals surface area contributed by atoms with Crippen molar-refractivity contribution in [2.75, 3.05) is 26.7 Å². The summed E-state index contributed by atoms with van der Waals surface area (Å²) in [6.45, 7) is 0.555. The van der Waals surface area contributed by atoms with Crippen molar-refractivity contribution in [1.29, 1.82) is 0 Å². The van der Waals surface area contributed by atoms with E-state index in [2.05, 4.69) is 0 Å². The van der Waals surface area contributed by atoms with Gasteiger partial charge in [-0.1, -0.05) is 12.1 Å². The van der Waals surface area contributed by atoms with Crippen molar-refractivity contribution in [2.24, 2.45) is 5.92 Å². The van der Waals surface area contributed by atoms with Crippen molar-refractivity contribution >= 4 is 17.8 Å². The molecule has 1 saturated heterocycles. The summed E-state index contributed by atoms with van der Waals surface area (Å²) in [5.41, 5.74) is 0.300. The lowest BCUT2D eigenvalue weighted by molar-refractivity contribution is -0.146. The summed E-state index contributed by atoms with van der Waals surface area (Å²) < 4.78 is 13.2. The van der Waals surface area contributed by atoms with Gasteiger partial charge in [-0.2, -0.15) is 0 Å². The molecular formula is C18H23FN2O5. The van der Waals surface area contributed by atoms with Gasteiger partial charge in [0.2, 0.25) is 11.8 Å². The Morgan fingerprint density at radius 2 is 1.96 bits per heavy atom. The number of piperidine rings is 1. The Morgan fingerprint density at radius 1 is 1.31 bits per heavy atom. The Bertz CT molecular complexity index is 673. The van der Waals surface area contributed by atoms with Crippen LogP contribution in [0, 0.1) is 11.7 Å². The van der Waals surface area contributed by atoms with Crippen LogP contribution in [0.5, 0.6) is 0 Å². The smallest absolute Gasteiger partial charge is 0.306 e. The van der Waals surface area contributed by atoms with Crippen LogP contribution in [0.1, 0.15) is 30.9 Å². The Kier molecular flexibility index (Phi) is 6.68. The molecule has 1 aliphatic heterocycles. The summed E-state index contributed by atoms with van der Waals surface area (Å²) in [7, 11) is 1.46. The molecule has 1 fully saturated rings. The number of carboxylic acids is 1. The van der Waals surface area contributed by atoms with Gasteiger partial charge in [-0.25, -0.2) is 4.39 Å². The molecule has 1 aromatic carbocycles. The number of likely N-dealkylation sites (N-methyl/N-ethyl adjacent to an activating group) is 1. The number of benzene rings is 1. The van der Waals surface area contributed by atoms with Crippen LogP contribution < -0.4 is 0 Å². The van der Waals surface area contributed by atoms with E-state index in [4.69, 9.17) is 5.11 Å². The summed E-state index contributed by atoms with van der Waals surface area (Å²) in [5, 5.41) is 19.0. The first kappa shape index (κ1) is 19.8. The zero-order valence-electron chi connectivity index (χ0n) is 14.6. The molecule has 1 aromatic rings. The van der Waals surface area contributed by atoms with Crippen LogP contribution in [0.3, 0.4) is 0 Å². The number of likely N-dealkylation sites (tertiary alicyclic amines) is 1. The average molecular weight is 366 g/mol. The highest BCUT2D eigenvalue weighted by Gasteiger charge is 2.28. The second kappa shape index (κ2) is 8.75. The second-order valence-electron chi connectivity index (χ2n) is 6.52. The maximum absolute atomic E-state index is 13.2. The van der Waals surface area contributed by atoms with Crippen molar-refractivity contribution in [2.45, 2.75) is 25.4 Å². The minimum absolute atomic E-state index is 0.146. The molecule has 2 rings (SSSR count). The van der Waals surface area contributed by atoms with E-state index in [-0.39, 0.29) is 18.9 Å². The molecule has 0 bridgehead atoms. The summed E-state index contributed by atoms with van der Waals surface area (Å²) in [6, 6.07) is 5.39. The number of hydrogen-bond donors (Lipinski definition) is 2. The maximum atomic E-state index is 13.2. The van der Waals surface area contributed by atoms with Gasteiger partial charge in [-0.05, 0) is 30.5 Å². The third kappa shape index (κ3) is 5.26. The van der Waals surface area contributed by atoms with Gasteiger partial charge in [0.15, 0.2) is 0 Å². The molecule has 1 aliphatic rings. The molecule has 7 nitrogen and oxygen atoms in total. The Hall–Kier alpha value is -2.48. The largest absolute Gasteiger partial charge is 0.481 e. The molecule has 0 spiro atoms. The van der Waals surface area contributed by atoms with Crippen molar-refractivity contribution < 1.29 is 29.0 Å². The molecule has 0 aliphatic carbocycles. The van der Waals surface area contributed by atoms with Gasteiger partial charge in [0, 0.05) is 20.1 Å². The van der Waals surface area contributed by atoms with Gasteiger partial charge in [0.1, 0.15) is 5.82 Å². The Morgan fingerprint density at radius 3 is 2.54 bits per heavy atom. The number of halogens is 1. The summed E-state index contributed by atoms with van der Waals surface area (Å²) in [4.78, 5) is 38.2. The van der Waals surface area contributed by atoms with E-state index in [1.807, 2.05) is 0 Å². The molecule has 1 heterocycles. The molecule has 2 N–H and O–H groups in total. The first-order valence-corrected chi connectivity index (χ1v) is 8.46. The van der Waals surface area contributed by atoms with Gasteiger partial charge in [-0.15, -0.1) is 0 Å². The lowest BCUT2D eigenvalue weighted by Gasteiger charge is -2.31. The SMILES string of the molecule is CN(CC(=O)N1CCC(C(=O)O)CC1)C(=O)CC(O)c1cccc(F)c1. The lowest BCUT2D eigenvalue weighted by Crippen LogP contribution is -2.45. The zero-order valence-corrected chi connectivity index (χ0v) is 14.6.